The van der Waals surface area contributed by atoms with Crippen LogP contribution in [0.15, 0.2) is 30.5 Å². The molecule has 18 heavy (non-hydrogen) atoms. The van der Waals surface area contributed by atoms with E-state index in [0.29, 0.717) is 22.4 Å². The maximum Gasteiger partial charge on any atom is 0.222 e. The van der Waals surface area contributed by atoms with Crippen LogP contribution in [0, 0.1) is 0 Å². The topological polar surface area (TPSA) is 46.9 Å². The fourth-order valence-corrected chi connectivity index (χ4v) is 1.83. The van der Waals surface area contributed by atoms with Gasteiger partial charge in [0.2, 0.25) is 5.91 Å². The number of rotatable bonds is 3. The molecule has 4 nitrogen and oxygen atoms in total. The largest absolute Gasteiger partial charge is 0.308 e. The summed E-state index contributed by atoms with van der Waals surface area (Å²) in [6.07, 6.45) is 1.67. The molecule has 1 N–H and O–H groups in total. The Labute approximate surface area is 115 Å². The van der Waals surface area contributed by atoms with Crippen molar-refractivity contribution in [1.82, 2.24) is 9.78 Å². The molecule has 1 aromatic carbocycles. The number of halogens is 2. The van der Waals surface area contributed by atoms with E-state index in [1.165, 1.54) is 6.92 Å². The number of carbonyl (C=O) groups excluding carboxylic acids is 1. The fraction of sp³-hybridized carbons (Fsp3) is 0.167. The van der Waals surface area contributed by atoms with Crippen molar-refractivity contribution in [3.8, 4) is 0 Å². The van der Waals surface area contributed by atoms with Gasteiger partial charge >= 0.3 is 0 Å². The third-order valence-electron chi connectivity index (χ3n) is 2.27. The summed E-state index contributed by atoms with van der Waals surface area (Å²) >= 11 is 11.8. The molecule has 0 fully saturated rings. The molecule has 0 atom stereocenters. The van der Waals surface area contributed by atoms with Crippen LogP contribution in [0.5, 0.6) is 0 Å². The van der Waals surface area contributed by atoms with E-state index in [0.717, 1.165) is 5.56 Å². The zero-order chi connectivity index (χ0) is 13.1. The van der Waals surface area contributed by atoms with Crippen LogP contribution in [-0.2, 0) is 11.3 Å². The standard InChI is InChI=1S/C12H11Cl2N3O/c1-8(18)15-12-11(14)7-17(16-12)6-9-2-4-10(13)5-3-9/h2-5,7H,6H2,1H3,(H,15,16,18). The third kappa shape index (κ3) is 3.24. The molecule has 94 valence electrons. The summed E-state index contributed by atoms with van der Waals surface area (Å²) in [5.41, 5.74) is 1.05. The van der Waals surface area contributed by atoms with Crippen LogP contribution in [0.3, 0.4) is 0 Å². The zero-order valence-electron chi connectivity index (χ0n) is 9.65. The van der Waals surface area contributed by atoms with Crippen LogP contribution in [0.1, 0.15) is 12.5 Å². The number of benzene rings is 1. The maximum atomic E-state index is 10.9. The number of nitrogens with one attached hydrogen (secondary N) is 1. The molecule has 0 saturated heterocycles. The van der Waals surface area contributed by atoms with Crippen molar-refractivity contribution in [2.75, 3.05) is 5.32 Å². The van der Waals surface area contributed by atoms with Gasteiger partial charge in [-0.05, 0) is 17.7 Å². The van der Waals surface area contributed by atoms with Gasteiger partial charge in [-0.25, -0.2) is 0 Å². The van der Waals surface area contributed by atoms with Crippen LogP contribution in [-0.4, -0.2) is 15.7 Å². The van der Waals surface area contributed by atoms with Gasteiger partial charge in [0.1, 0.15) is 5.02 Å². The van der Waals surface area contributed by atoms with Crippen molar-refractivity contribution in [2.24, 2.45) is 0 Å². The number of hydrogen-bond donors (Lipinski definition) is 1. The smallest absolute Gasteiger partial charge is 0.222 e. The Hall–Kier alpha value is -1.52. The Morgan fingerprint density at radius 2 is 2.00 bits per heavy atom. The summed E-state index contributed by atoms with van der Waals surface area (Å²) in [6.45, 7) is 1.98. The van der Waals surface area contributed by atoms with E-state index < -0.39 is 0 Å². The zero-order valence-corrected chi connectivity index (χ0v) is 11.2. The summed E-state index contributed by atoms with van der Waals surface area (Å²) in [5, 5.41) is 7.86. The van der Waals surface area contributed by atoms with E-state index in [2.05, 4.69) is 10.4 Å². The summed E-state index contributed by atoms with van der Waals surface area (Å²) in [4.78, 5) is 10.9. The Bertz CT molecular complexity index is 563. The summed E-state index contributed by atoms with van der Waals surface area (Å²) in [7, 11) is 0. The molecule has 0 radical (unpaired) electrons. The summed E-state index contributed by atoms with van der Waals surface area (Å²) < 4.78 is 1.66. The average Bonchev–Trinajstić information content (AvgIpc) is 2.62. The number of anilines is 1. The molecular formula is C12H11Cl2N3O. The van der Waals surface area contributed by atoms with Gasteiger partial charge in [0.25, 0.3) is 0 Å². The first-order valence-corrected chi connectivity index (χ1v) is 6.05. The molecule has 0 aliphatic heterocycles. The van der Waals surface area contributed by atoms with E-state index in [9.17, 15) is 4.79 Å². The molecule has 2 aromatic rings. The minimum atomic E-state index is -0.200. The van der Waals surface area contributed by atoms with E-state index in [-0.39, 0.29) is 5.91 Å². The molecule has 2 rings (SSSR count). The van der Waals surface area contributed by atoms with Gasteiger partial charge in [-0.15, -0.1) is 0 Å². The van der Waals surface area contributed by atoms with Gasteiger partial charge in [0.15, 0.2) is 5.82 Å². The predicted octanol–water partition coefficient (Wildman–Crippen LogP) is 3.20. The molecule has 0 bridgehead atoms. The molecule has 0 saturated carbocycles. The number of amides is 1. The average molecular weight is 284 g/mol. The molecule has 0 spiro atoms. The van der Waals surface area contributed by atoms with Crippen LogP contribution in [0.2, 0.25) is 10.0 Å². The Morgan fingerprint density at radius 1 is 1.33 bits per heavy atom. The fourth-order valence-electron chi connectivity index (χ4n) is 1.51. The van der Waals surface area contributed by atoms with Crippen molar-refractivity contribution >= 4 is 34.9 Å². The van der Waals surface area contributed by atoms with Crippen LogP contribution < -0.4 is 5.32 Å². The lowest BCUT2D eigenvalue weighted by atomic mass is 10.2. The molecule has 1 amide bonds. The highest BCUT2D eigenvalue weighted by molar-refractivity contribution is 6.33. The van der Waals surface area contributed by atoms with Gasteiger partial charge in [0, 0.05) is 18.1 Å². The second kappa shape index (κ2) is 5.42. The molecule has 0 aliphatic rings. The van der Waals surface area contributed by atoms with Gasteiger partial charge in [-0.1, -0.05) is 35.3 Å². The van der Waals surface area contributed by atoms with Crippen molar-refractivity contribution in [3.05, 3.63) is 46.1 Å². The Morgan fingerprint density at radius 3 is 2.61 bits per heavy atom. The number of carbonyl (C=O) groups is 1. The lowest BCUT2D eigenvalue weighted by Gasteiger charge is -2.01. The first-order chi connectivity index (χ1) is 8.54. The van der Waals surface area contributed by atoms with E-state index >= 15 is 0 Å². The van der Waals surface area contributed by atoms with Crippen molar-refractivity contribution in [3.63, 3.8) is 0 Å². The van der Waals surface area contributed by atoms with Crippen LogP contribution in [0.4, 0.5) is 5.82 Å². The maximum absolute atomic E-state index is 10.9. The lowest BCUT2D eigenvalue weighted by Crippen LogP contribution is -2.08. The van der Waals surface area contributed by atoms with E-state index in [4.69, 9.17) is 23.2 Å². The Balaban J connectivity index is 2.14. The summed E-state index contributed by atoms with van der Waals surface area (Å²) in [5.74, 6) is 0.173. The Kier molecular flexibility index (Phi) is 3.89. The normalized spacial score (nSPS) is 10.4. The number of nitrogens with zero attached hydrogens (tertiary/aromatic N) is 2. The minimum absolute atomic E-state index is 0.200. The molecule has 1 heterocycles. The van der Waals surface area contributed by atoms with Gasteiger partial charge in [0.05, 0.1) is 6.54 Å². The van der Waals surface area contributed by atoms with Crippen LogP contribution in [0.25, 0.3) is 0 Å². The SMILES string of the molecule is CC(=O)Nc1nn(Cc2ccc(Cl)cc2)cc1Cl. The highest BCUT2D eigenvalue weighted by Crippen LogP contribution is 2.20. The van der Waals surface area contributed by atoms with Gasteiger partial charge in [-0.2, -0.15) is 5.10 Å². The molecule has 0 aliphatic carbocycles. The van der Waals surface area contributed by atoms with E-state index in [1.807, 2.05) is 24.3 Å². The molecular weight excluding hydrogens is 273 g/mol. The number of aromatic nitrogens is 2. The van der Waals surface area contributed by atoms with Gasteiger partial charge < -0.3 is 5.32 Å². The van der Waals surface area contributed by atoms with E-state index in [1.54, 1.807) is 10.9 Å². The van der Waals surface area contributed by atoms with Gasteiger partial charge in [-0.3, -0.25) is 9.48 Å². The first kappa shape index (κ1) is 12.9. The second-order valence-electron chi connectivity index (χ2n) is 3.83. The first-order valence-electron chi connectivity index (χ1n) is 5.29. The number of hydrogen-bond acceptors (Lipinski definition) is 2. The van der Waals surface area contributed by atoms with Crippen molar-refractivity contribution < 1.29 is 4.79 Å². The minimum Gasteiger partial charge on any atom is -0.308 e. The van der Waals surface area contributed by atoms with Crippen molar-refractivity contribution in [1.29, 1.82) is 0 Å². The molecule has 0 unspecified atom stereocenters. The third-order valence-corrected chi connectivity index (χ3v) is 2.80. The molecule has 6 heteroatoms. The highest BCUT2D eigenvalue weighted by Gasteiger charge is 2.08. The monoisotopic (exact) mass is 283 g/mol. The molecule has 1 aromatic heterocycles. The van der Waals surface area contributed by atoms with Crippen molar-refractivity contribution in [2.45, 2.75) is 13.5 Å². The summed E-state index contributed by atoms with van der Waals surface area (Å²) in [6, 6.07) is 7.46. The quantitative estimate of drug-likeness (QED) is 0.940. The second-order valence-corrected chi connectivity index (χ2v) is 4.67. The highest BCUT2D eigenvalue weighted by atomic mass is 35.5. The van der Waals surface area contributed by atoms with Crippen LogP contribution >= 0.6 is 23.2 Å². The lowest BCUT2D eigenvalue weighted by molar-refractivity contribution is -0.114. The predicted molar refractivity (Wildman–Crippen MR) is 72.1 cm³/mol.